The summed E-state index contributed by atoms with van der Waals surface area (Å²) in [6.45, 7) is 0. The van der Waals surface area contributed by atoms with Gasteiger partial charge in [-0.3, -0.25) is 0 Å². The monoisotopic (exact) mass is 775 g/mol. The number of nitrogens with zero attached hydrogens (tertiary/aromatic N) is 1. The Morgan fingerprint density at radius 1 is 0.328 bits per heavy atom. The van der Waals surface area contributed by atoms with Crippen LogP contribution in [-0.4, -0.2) is 0 Å². The van der Waals surface area contributed by atoms with Crippen LogP contribution in [0.5, 0.6) is 0 Å². The molecule has 0 saturated carbocycles. The number of hydrogen-bond acceptors (Lipinski definition) is 2. The topological polar surface area (TPSA) is 16.4 Å². The van der Waals surface area contributed by atoms with E-state index in [-0.39, 0.29) is 0 Å². The summed E-state index contributed by atoms with van der Waals surface area (Å²) in [7, 11) is 0. The minimum absolute atomic E-state index is 0.474. The Hall–Kier alpha value is -7.94. The van der Waals surface area contributed by atoms with Crippen LogP contribution in [0.15, 0.2) is 229 Å². The van der Waals surface area contributed by atoms with Gasteiger partial charge in [-0.05, 0) is 126 Å². The molecular weight excluding hydrogens is 739 g/mol. The number of fused-ring (bicyclic) bond motifs is 14. The van der Waals surface area contributed by atoms with Gasteiger partial charge >= 0.3 is 0 Å². The molecule has 0 N–H and O–H groups in total. The third-order valence-corrected chi connectivity index (χ3v) is 13.2. The van der Waals surface area contributed by atoms with E-state index in [1.165, 1.54) is 61.0 Å². The van der Waals surface area contributed by atoms with E-state index in [4.69, 9.17) is 4.42 Å². The fourth-order valence-corrected chi connectivity index (χ4v) is 10.6. The highest BCUT2D eigenvalue weighted by Gasteiger charge is 2.51. The Morgan fingerprint density at radius 3 is 1.44 bits per heavy atom. The van der Waals surface area contributed by atoms with Crippen molar-refractivity contribution in [3.63, 3.8) is 0 Å². The third kappa shape index (κ3) is 4.91. The quantitative estimate of drug-likeness (QED) is 0.173. The normalized spacial score (nSPS) is 13.0. The lowest BCUT2D eigenvalue weighted by Crippen LogP contribution is -2.26. The first-order valence-corrected chi connectivity index (χ1v) is 21.1. The highest BCUT2D eigenvalue weighted by Crippen LogP contribution is 2.63. The molecule has 2 aliphatic rings. The Balaban J connectivity index is 1.12. The molecule has 284 valence electrons. The lowest BCUT2D eigenvalue weighted by molar-refractivity contribution is 0.669. The molecule has 0 unspecified atom stereocenters. The third-order valence-electron chi connectivity index (χ3n) is 13.2. The van der Waals surface area contributed by atoms with Crippen molar-refractivity contribution in [1.82, 2.24) is 0 Å². The van der Waals surface area contributed by atoms with Crippen LogP contribution >= 0.6 is 0 Å². The highest BCUT2D eigenvalue weighted by molar-refractivity contribution is 6.15. The Bertz CT molecular complexity index is 3460. The number of benzene rings is 10. The molecule has 0 bridgehead atoms. The van der Waals surface area contributed by atoms with Crippen molar-refractivity contribution >= 4 is 49.8 Å². The molecule has 0 fully saturated rings. The molecule has 11 aromatic rings. The van der Waals surface area contributed by atoms with Crippen LogP contribution in [0.25, 0.3) is 77.2 Å². The van der Waals surface area contributed by atoms with E-state index in [2.05, 4.69) is 229 Å². The molecular formula is C59H37NO. The molecule has 13 rings (SSSR count). The van der Waals surface area contributed by atoms with Gasteiger partial charge in [-0.15, -0.1) is 0 Å². The van der Waals surface area contributed by atoms with Crippen LogP contribution in [0.3, 0.4) is 0 Å². The Kier molecular flexibility index (Phi) is 7.26. The van der Waals surface area contributed by atoms with Gasteiger partial charge < -0.3 is 9.32 Å². The maximum atomic E-state index is 7.09. The maximum absolute atomic E-state index is 7.09. The smallest absolute Gasteiger partial charge is 0.159 e. The van der Waals surface area contributed by atoms with Gasteiger partial charge in [-0.2, -0.15) is 0 Å². The van der Waals surface area contributed by atoms with Gasteiger partial charge in [-0.25, -0.2) is 0 Å². The standard InChI is InChI=1S/C59H37NO/c1-3-15-38(16-4-1)40-27-29-44(30-28-40)60(56-35-43(39-17-5-2-6-18-39)34-51-50-33-41-19-7-8-20-42(41)36-57(50)61-58(51)56)45-31-32-49-48-23-11-14-26-54(48)59(55(49)37-45)52-24-12-9-21-46(52)47-22-10-13-25-53(47)59/h1-37H. The molecule has 0 atom stereocenters. The molecule has 2 nitrogen and oxygen atoms in total. The number of hydrogen-bond donors (Lipinski definition) is 0. The van der Waals surface area contributed by atoms with Crippen molar-refractivity contribution in [2.45, 2.75) is 5.41 Å². The molecule has 2 aliphatic carbocycles. The number of rotatable bonds is 5. The molecule has 61 heavy (non-hydrogen) atoms. The second kappa shape index (κ2) is 13.0. The molecule has 0 aliphatic heterocycles. The van der Waals surface area contributed by atoms with Crippen LogP contribution in [-0.2, 0) is 5.41 Å². The molecule has 0 saturated heterocycles. The van der Waals surface area contributed by atoms with Crippen LogP contribution in [0.2, 0.25) is 0 Å². The number of furan rings is 1. The molecule has 1 spiro atoms. The van der Waals surface area contributed by atoms with E-state index >= 15 is 0 Å². The van der Waals surface area contributed by atoms with Crippen molar-refractivity contribution in [3.8, 4) is 44.5 Å². The van der Waals surface area contributed by atoms with E-state index in [0.717, 1.165) is 55.5 Å². The second-order valence-corrected chi connectivity index (χ2v) is 16.4. The van der Waals surface area contributed by atoms with Crippen LogP contribution in [0.4, 0.5) is 17.1 Å². The zero-order valence-electron chi connectivity index (χ0n) is 33.2. The maximum Gasteiger partial charge on any atom is 0.159 e. The van der Waals surface area contributed by atoms with Gasteiger partial charge in [-0.1, -0.05) is 176 Å². The summed E-state index contributed by atoms with van der Waals surface area (Å²) >= 11 is 0. The first-order chi connectivity index (χ1) is 30.2. The van der Waals surface area contributed by atoms with Crippen molar-refractivity contribution < 1.29 is 4.42 Å². The highest BCUT2D eigenvalue weighted by atomic mass is 16.3. The van der Waals surface area contributed by atoms with E-state index in [1.54, 1.807) is 0 Å². The molecule has 1 aromatic heterocycles. The van der Waals surface area contributed by atoms with Crippen molar-refractivity contribution in [3.05, 3.63) is 247 Å². The molecule has 10 aromatic carbocycles. The van der Waals surface area contributed by atoms with Gasteiger partial charge in [0, 0.05) is 22.1 Å². The zero-order valence-corrected chi connectivity index (χ0v) is 33.2. The fraction of sp³-hybridized carbons (Fsp3) is 0.0169. The predicted molar refractivity (Wildman–Crippen MR) is 253 cm³/mol. The Labute approximate surface area is 354 Å². The minimum atomic E-state index is -0.474. The average molecular weight is 776 g/mol. The zero-order chi connectivity index (χ0) is 40.1. The van der Waals surface area contributed by atoms with Crippen molar-refractivity contribution in [2.24, 2.45) is 0 Å². The van der Waals surface area contributed by atoms with Gasteiger partial charge in [0.1, 0.15) is 5.58 Å². The summed E-state index contributed by atoms with van der Waals surface area (Å²) < 4.78 is 7.09. The largest absolute Gasteiger partial charge is 0.454 e. The summed E-state index contributed by atoms with van der Waals surface area (Å²) in [6.07, 6.45) is 0. The molecule has 0 amide bonds. The molecule has 0 radical (unpaired) electrons. The van der Waals surface area contributed by atoms with E-state index < -0.39 is 5.41 Å². The average Bonchev–Trinajstić information content (AvgIpc) is 3.95. The van der Waals surface area contributed by atoms with Gasteiger partial charge in [0.05, 0.1) is 11.1 Å². The summed E-state index contributed by atoms with van der Waals surface area (Å²) in [6, 6.07) is 82.2. The fourth-order valence-electron chi connectivity index (χ4n) is 10.6. The minimum Gasteiger partial charge on any atom is -0.454 e. The van der Waals surface area contributed by atoms with Crippen LogP contribution in [0, 0.1) is 0 Å². The lowest BCUT2D eigenvalue weighted by Gasteiger charge is -2.32. The summed E-state index contributed by atoms with van der Waals surface area (Å²) in [5.74, 6) is 0. The van der Waals surface area contributed by atoms with Crippen LogP contribution < -0.4 is 4.90 Å². The SMILES string of the molecule is c1ccc(-c2ccc(N(c3ccc4c(c3)C3(c5ccccc5-c5ccccc53)c3ccccc3-4)c3cc(-c4ccccc4)cc4c3oc3cc5ccccc5cc34)cc2)cc1. The predicted octanol–water partition coefficient (Wildman–Crippen LogP) is 15.9. The second-order valence-electron chi connectivity index (χ2n) is 16.4. The lowest BCUT2D eigenvalue weighted by atomic mass is 9.70. The van der Waals surface area contributed by atoms with Gasteiger partial charge in [0.15, 0.2) is 5.58 Å². The van der Waals surface area contributed by atoms with Gasteiger partial charge in [0.25, 0.3) is 0 Å². The van der Waals surface area contributed by atoms with Crippen molar-refractivity contribution in [1.29, 1.82) is 0 Å². The first kappa shape index (κ1) is 34.0. The molecule has 2 heteroatoms. The summed E-state index contributed by atoms with van der Waals surface area (Å²) in [4.78, 5) is 2.43. The van der Waals surface area contributed by atoms with Gasteiger partial charge in [0.2, 0.25) is 0 Å². The Morgan fingerprint density at radius 2 is 0.820 bits per heavy atom. The van der Waals surface area contributed by atoms with E-state index in [9.17, 15) is 0 Å². The van der Waals surface area contributed by atoms with Crippen LogP contribution in [0.1, 0.15) is 22.3 Å². The van der Waals surface area contributed by atoms with E-state index in [0.29, 0.717) is 0 Å². The van der Waals surface area contributed by atoms with Crippen molar-refractivity contribution in [2.75, 3.05) is 4.90 Å². The summed E-state index contributed by atoms with van der Waals surface area (Å²) in [5.41, 5.74) is 19.4. The van der Waals surface area contributed by atoms with E-state index in [1.807, 2.05) is 0 Å². The molecule has 1 heterocycles. The number of anilines is 3. The summed E-state index contributed by atoms with van der Waals surface area (Å²) in [5, 5.41) is 4.55. The first-order valence-electron chi connectivity index (χ1n) is 21.1.